The molecule has 0 saturated heterocycles. The lowest BCUT2D eigenvalue weighted by molar-refractivity contribution is -0.135. The Labute approximate surface area is 764 Å². The topological polar surface area (TPSA) is 399 Å². The monoisotopic (exact) mass is 1840 g/mol. The molecule has 0 saturated carbocycles. The van der Waals surface area contributed by atoms with E-state index in [9.17, 15) is 58.8 Å². The molecule has 128 heavy (non-hydrogen) atoms. The molecule has 12 rings (SSSR count). The smallest absolute Gasteiger partial charge is 0.251 e. The van der Waals surface area contributed by atoms with Crippen LogP contribution >= 0.6 is 46.4 Å². The molecule has 4 aromatic carbocycles. The molecule has 4 aliphatic heterocycles. The molecular weight excluding hydrogens is 1730 g/mol. The lowest BCUT2D eigenvalue weighted by Crippen LogP contribution is -2.44. The number of aliphatic hydroxyl groups excluding tert-OH is 7. The SMILES string of the molecule is CC(C)C[C@@H](C(=O)Cc1ccn(C[C@@H](O)CO)n1)N1CC(Oc2ccccc2Cl)=CC1=O.CC(C)C[C@@H](C(=O)Cc1ccn(C[C@H](O)CO)n1)N1CC(Oc2ccccc2Cl)=CC1=O.CC(C)C[C@H](C(=O)Cc1ccn(C[C@H](O)CO)n1)N1CC(Oc2ccccc2Cl)=CC1=O.CC[C@H](O)Cn1ccc(CC(=O)[C@@H](CC(C)C)N2CC(Oc3ccccc3Cl)=CC2=O)n1. The summed E-state index contributed by atoms with van der Waals surface area (Å²) in [4.78, 5) is 110. The molecule has 4 amide bonds. The number of carbonyl (C=O) groups is 8. The number of hydrogen-bond acceptors (Lipinski definition) is 23. The van der Waals surface area contributed by atoms with Crippen molar-refractivity contribution in [1.29, 1.82) is 0 Å². The molecule has 8 heterocycles. The molecule has 0 aliphatic carbocycles. The average molecular weight is 1850 g/mol. The van der Waals surface area contributed by atoms with Crippen LogP contribution in [-0.4, -0.2) is 236 Å². The zero-order chi connectivity index (χ0) is 93.0. The molecule has 8 atom stereocenters. The molecule has 4 aromatic heterocycles. The van der Waals surface area contributed by atoms with Gasteiger partial charge in [-0.2, -0.15) is 20.4 Å². The second-order valence-electron chi connectivity index (χ2n) is 33.3. The van der Waals surface area contributed by atoms with E-state index in [1.165, 1.54) is 53.0 Å². The van der Waals surface area contributed by atoms with Crippen molar-refractivity contribution < 1.29 is 93.0 Å². The first kappa shape index (κ1) is 101. The standard InChI is InChI=1S/C24H30ClN3O4.3C23H28ClN3O5/c1-4-18(29)14-27-10-9-17(26-27)12-22(30)21(11-16(2)3)28-15-19(13-24(28)31)32-23-8-6-5-7-20(23)25;3*1-15(2)9-20(21(30)10-16-7-8-26(25-16)12-17(29)14-28)27-13-18(11-23(27)31)32-22-6-4-3-5-19(22)24/h5-10,13,16,18,21,29H,4,11-12,14-15H2,1-3H3;3*3-8,11,15,17,20,28-29H,9-10,12-14H2,1-2H3/t18-,21+;2*17-,20+;17-,20-/m0100/s1. The molecule has 0 bridgehead atoms. The largest absolute Gasteiger partial charge is 0.458 e. The van der Waals surface area contributed by atoms with E-state index in [0.717, 1.165) is 0 Å². The maximum atomic E-state index is 13.2. The van der Waals surface area contributed by atoms with Crippen LogP contribution in [0.2, 0.25) is 20.1 Å². The van der Waals surface area contributed by atoms with Crippen molar-refractivity contribution in [2.24, 2.45) is 23.7 Å². The van der Waals surface area contributed by atoms with Crippen LogP contribution in [0.3, 0.4) is 0 Å². The summed E-state index contributed by atoms with van der Waals surface area (Å²) < 4.78 is 29.3. The average Bonchev–Trinajstić information content (AvgIpc) is 1.69. The molecule has 31 nitrogen and oxygen atoms in total. The lowest BCUT2D eigenvalue weighted by Gasteiger charge is -2.28. The third kappa shape index (κ3) is 30.8. The summed E-state index contributed by atoms with van der Waals surface area (Å²) in [7, 11) is 0. The number of nitrogens with zero attached hydrogens (tertiary/aromatic N) is 12. The molecule has 0 fully saturated rings. The number of para-hydroxylation sites is 4. The van der Waals surface area contributed by atoms with Crippen molar-refractivity contribution in [1.82, 2.24) is 58.7 Å². The van der Waals surface area contributed by atoms with Crippen LogP contribution in [0.4, 0.5) is 0 Å². The van der Waals surface area contributed by atoms with Crippen LogP contribution in [0.5, 0.6) is 23.0 Å². The Morgan fingerprint density at radius 1 is 0.336 bits per heavy atom. The summed E-state index contributed by atoms with van der Waals surface area (Å²) in [6, 6.07) is 32.5. The Hall–Kier alpha value is -10.7. The summed E-state index contributed by atoms with van der Waals surface area (Å²) >= 11 is 24.6. The Bertz CT molecular complexity index is 4580. The number of rotatable bonds is 44. The van der Waals surface area contributed by atoms with Crippen LogP contribution < -0.4 is 18.9 Å². The number of benzene rings is 4. The summed E-state index contributed by atoms with van der Waals surface area (Å²) in [5.41, 5.74) is 2.25. The van der Waals surface area contributed by atoms with Crippen molar-refractivity contribution in [3.8, 4) is 23.0 Å². The Morgan fingerprint density at radius 3 is 0.727 bits per heavy atom. The Morgan fingerprint density at radius 2 is 0.539 bits per heavy atom. The van der Waals surface area contributed by atoms with Gasteiger partial charge in [0.05, 0.1) is 189 Å². The fourth-order valence-corrected chi connectivity index (χ4v) is 15.0. The minimum atomic E-state index is -0.919. The molecule has 7 N–H and O–H groups in total. The van der Waals surface area contributed by atoms with E-state index in [0.29, 0.717) is 128 Å². The molecule has 688 valence electrons. The predicted octanol–water partition coefficient (Wildman–Crippen LogP) is 10.3. The van der Waals surface area contributed by atoms with Gasteiger partial charge >= 0.3 is 0 Å². The normalized spacial score (nSPS) is 15.8. The van der Waals surface area contributed by atoms with E-state index >= 15 is 0 Å². The fourth-order valence-electron chi connectivity index (χ4n) is 14.3. The molecule has 0 unspecified atom stereocenters. The lowest BCUT2D eigenvalue weighted by atomic mass is 9.96. The third-order valence-electron chi connectivity index (χ3n) is 20.6. The number of Topliss-reactive ketones (excluding diaryl/α,β-unsaturated/α-hetero) is 4. The zero-order valence-corrected chi connectivity index (χ0v) is 76.2. The first-order chi connectivity index (χ1) is 61.0. The van der Waals surface area contributed by atoms with E-state index in [1.54, 1.807) is 156 Å². The maximum absolute atomic E-state index is 13.2. The van der Waals surface area contributed by atoms with E-state index in [2.05, 4.69) is 20.4 Å². The van der Waals surface area contributed by atoms with Gasteiger partial charge < -0.3 is 74.3 Å². The number of aromatic nitrogens is 8. The van der Waals surface area contributed by atoms with E-state index in [-0.39, 0.29) is 162 Å². The maximum Gasteiger partial charge on any atom is 0.251 e. The van der Waals surface area contributed by atoms with Gasteiger partial charge in [-0.15, -0.1) is 0 Å². The van der Waals surface area contributed by atoms with E-state index in [1.807, 2.05) is 62.3 Å². The summed E-state index contributed by atoms with van der Waals surface area (Å²) in [5.74, 6) is 2.93. The van der Waals surface area contributed by atoms with Crippen LogP contribution in [0, 0.1) is 23.7 Å². The van der Waals surface area contributed by atoms with Gasteiger partial charge in [-0.05, 0) is 129 Å². The highest BCUT2D eigenvalue weighted by Gasteiger charge is 2.40. The number of ketones is 4. The van der Waals surface area contributed by atoms with Crippen molar-refractivity contribution in [3.05, 3.63) is 236 Å². The van der Waals surface area contributed by atoms with Gasteiger partial charge in [-0.3, -0.25) is 57.1 Å². The van der Waals surface area contributed by atoms with E-state index in [4.69, 9.17) is 80.7 Å². The summed E-state index contributed by atoms with van der Waals surface area (Å²) in [5, 5.41) is 84.5. The van der Waals surface area contributed by atoms with Crippen molar-refractivity contribution >= 4 is 93.2 Å². The molecule has 8 aromatic rings. The highest BCUT2D eigenvalue weighted by Crippen LogP contribution is 2.34. The van der Waals surface area contributed by atoms with Crippen molar-refractivity contribution in [2.75, 3.05) is 46.0 Å². The number of halogens is 4. The van der Waals surface area contributed by atoms with E-state index < -0.39 is 48.6 Å². The van der Waals surface area contributed by atoms with Crippen LogP contribution in [0.25, 0.3) is 0 Å². The zero-order valence-electron chi connectivity index (χ0n) is 73.1. The van der Waals surface area contributed by atoms with Gasteiger partial charge in [0.1, 0.15) is 46.0 Å². The quantitative estimate of drug-likeness (QED) is 0.0186. The van der Waals surface area contributed by atoms with Crippen LogP contribution in [-0.2, 0) is 90.2 Å². The summed E-state index contributed by atoms with van der Waals surface area (Å²) in [6.07, 6.45) is 12.1. The number of aliphatic hydroxyl groups is 7. The minimum absolute atomic E-state index is 0.0596. The van der Waals surface area contributed by atoms with Gasteiger partial charge in [-0.25, -0.2) is 0 Å². The van der Waals surface area contributed by atoms with Crippen LogP contribution in [0.15, 0.2) is 193 Å². The molecule has 4 aliphatic rings. The second kappa shape index (κ2) is 49.2. The fraction of sp³-hybridized carbons (Fsp3) is 0.441. The number of carbonyl (C=O) groups excluding carboxylic acids is 8. The Kier molecular flexibility index (Phi) is 38.8. The third-order valence-corrected chi connectivity index (χ3v) is 21.8. The predicted molar refractivity (Wildman–Crippen MR) is 480 cm³/mol. The van der Waals surface area contributed by atoms with Crippen molar-refractivity contribution in [2.45, 2.75) is 195 Å². The highest BCUT2D eigenvalue weighted by molar-refractivity contribution is 6.33. The molecule has 0 spiro atoms. The second-order valence-corrected chi connectivity index (χ2v) is 34.9. The number of amides is 4. The molecule has 0 radical (unpaired) electrons. The summed E-state index contributed by atoms with van der Waals surface area (Å²) in [6.45, 7) is 18.4. The van der Waals surface area contributed by atoms with Crippen LogP contribution in [0.1, 0.15) is 117 Å². The van der Waals surface area contributed by atoms with Gasteiger partial charge in [0.2, 0.25) is 0 Å². The molecular formula is C93H114Cl4N12O19. The number of ether oxygens (including phenoxy) is 4. The molecule has 35 heteroatoms. The van der Waals surface area contributed by atoms with Gasteiger partial charge in [0.15, 0.2) is 23.1 Å². The highest BCUT2D eigenvalue weighted by atomic mass is 35.5. The van der Waals surface area contributed by atoms with Gasteiger partial charge in [0, 0.05) is 49.1 Å². The number of hydrogen-bond donors (Lipinski definition) is 7. The first-order valence-electron chi connectivity index (χ1n) is 42.5. The van der Waals surface area contributed by atoms with Crippen molar-refractivity contribution in [3.63, 3.8) is 0 Å². The first-order valence-corrected chi connectivity index (χ1v) is 44.1. The van der Waals surface area contributed by atoms with Gasteiger partial charge in [-0.1, -0.05) is 157 Å². The Balaban J connectivity index is 0.000000193. The minimum Gasteiger partial charge on any atom is -0.458 e. The van der Waals surface area contributed by atoms with Gasteiger partial charge in [0.25, 0.3) is 23.6 Å².